The molecule has 20 heavy (non-hydrogen) atoms. The molecule has 0 unspecified atom stereocenters. The molecule has 0 aromatic heterocycles. The van der Waals surface area contributed by atoms with E-state index in [1.165, 1.54) is 31.2 Å². The van der Waals surface area contributed by atoms with Gasteiger partial charge in [-0.2, -0.15) is 8.42 Å². The molecule has 8 heteroatoms. The van der Waals surface area contributed by atoms with Gasteiger partial charge in [-0.15, -0.1) is 0 Å². The van der Waals surface area contributed by atoms with E-state index in [1.54, 1.807) is 0 Å². The van der Waals surface area contributed by atoms with E-state index < -0.39 is 27.8 Å². The van der Waals surface area contributed by atoms with Crippen molar-refractivity contribution < 1.29 is 32.0 Å². The molecule has 0 saturated carbocycles. The maximum atomic E-state index is 10.9. The number of benzene rings is 1. The van der Waals surface area contributed by atoms with Crippen molar-refractivity contribution in [2.75, 3.05) is 6.26 Å². The highest BCUT2D eigenvalue weighted by Gasteiger charge is 2.15. The van der Waals surface area contributed by atoms with Crippen LogP contribution in [-0.4, -0.2) is 31.7 Å². The maximum absolute atomic E-state index is 10.9. The summed E-state index contributed by atoms with van der Waals surface area (Å²) >= 11 is 0. The van der Waals surface area contributed by atoms with Gasteiger partial charge in [-0.3, -0.25) is 4.79 Å². The Morgan fingerprint density at radius 1 is 1.20 bits per heavy atom. The Bertz CT molecular complexity index is 641. The summed E-state index contributed by atoms with van der Waals surface area (Å²) in [5, 5.41) is 8.84. The molecular weight excluding hydrogens is 288 g/mol. The van der Waals surface area contributed by atoms with Gasteiger partial charge in [-0.1, -0.05) is 12.1 Å². The van der Waals surface area contributed by atoms with Gasteiger partial charge in [0.2, 0.25) is 5.76 Å². The zero-order valence-electron chi connectivity index (χ0n) is 10.7. The predicted molar refractivity (Wildman–Crippen MR) is 69.3 cm³/mol. The summed E-state index contributed by atoms with van der Waals surface area (Å²) in [6.45, 7) is 1.25. The molecule has 0 fully saturated rings. The van der Waals surface area contributed by atoms with Crippen LogP contribution in [0.3, 0.4) is 0 Å². The van der Waals surface area contributed by atoms with Crippen molar-refractivity contribution in [3.63, 3.8) is 0 Å². The van der Waals surface area contributed by atoms with Gasteiger partial charge in [0.05, 0.1) is 6.26 Å². The van der Waals surface area contributed by atoms with Crippen molar-refractivity contribution in [1.29, 1.82) is 0 Å². The van der Waals surface area contributed by atoms with E-state index in [4.69, 9.17) is 9.84 Å². The lowest BCUT2D eigenvalue weighted by Crippen LogP contribution is -2.10. The fraction of sp³-hybridized carbons (Fsp3) is 0.167. The molecule has 0 bridgehead atoms. The monoisotopic (exact) mass is 300 g/mol. The van der Waals surface area contributed by atoms with Crippen molar-refractivity contribution in [3.05, 3.63) is 35.6 Å². The normalized spacial score (nSPS) is 11.8. The van der Waals surface area contributed by atoms with E-state index >= 15 is 0 Å². The number of esters is 1. The first-order chi connectivity index (χ1) is 9.17. The standard InChI is InChI=1S/C12H12O7S/c1-8(13)18-10-5-3-9(4-6-10)7-11(12(14)15)19-20(2,16)17/h3-7H,1-2H3,(H,14,15)/b11-7-. The van der Waals surface area contributed by atoms with Crippen LogP contribution in [0.1, 0.15) is 12.5 Å². The summed E-state index contributed by atoms with van der Waals surface area (Å²) in [5.41, 5.74) is 0.377. The van der Waals surface area contributed by atoms with E-state index in [0.29, 0.717) is 5.56 Å². The highest BCUT2D eigenvalue weighted by molar-refractivity contribution is 7.86. The maximum Gasteiger partial charge on any atom is 0.372 e. The van der Waals surface area contributed by atoms with Crippen LogP contribution in [0.25, 0.3) is 6.08 Å². The minimum Gasteiger partial charge on any atom is -0.475 e. The first kappa shape index (κ1) is 15.7. The van der Waals surface area contributed by atoms with E-state index in [0.717, 1.165) is 12.3 Å². The van der Waals surface area contributed by atoms with Gasteiger partial charge in [-0.25, -0.2) is 4.79 Å². The Balaban J connectivity index is 3.00. The average Bonchev–Trinajstić information content (AvgIpc) is 2.28. The molecule has 0 aliphatic heterocycles. The lowest BCUT2D eigenvalue weighted by Gasteiger charge is -2.04. The fourth-order valence-electron chi connectivity index (χ4n) is 1.23. The van der Waals surface area contributed by atoms with E-state index in [-0.39, 0.29) is 5.75 Å². The number of carbonyl (C=O) groups excluding carboxylic acids is 1. The van der Waals surface area contributed by atoms with Crippen LogP contribution in [0.15, 0.2) is 30.0 Å². The van der Waals surface area contributed by atoms with Gasteiger partial charge in [0, 0.05) is 6.92 Å². The van der Waals surface area contributed by atoms with Gasteiger partial charge < -0.3 is 14.0 Å². The molecule has 0 saturated heterocycles. The van der Waals surface area contributed by atoms with Crippen molar-refractivity contribution in [3.8, 4) is 5.75 Å². The van der Waals surface area contributed by atoms with Crippen molar-refractivity contribution in [2.24, 2.45) is 0 Å². The van der Waals surface area contributed by atoms with E-state index in [9.17, 15) is 18.0 Å². The van der Waals surface area contributed by atoms with Gasteiger partial charge in [0.1, 0.15) is 5.75 Å². The summed E-state index contributed by atoms with van der Waals surface area (Å²) in [6, 6.07) is 5.78. The second-order valence-corrected chi connectivity index (χ2v) is 5.34. The predicted octanol–water partition coefficient (Wildman–Crippen LogP) is 1.01. The van der Waals surface area contributed by atoms with Crippen LogP contribution in [0.2, 0.25) is 0 Å². The third-order valence-electron chi connectivity index (χ3n) is 1.89. The Kier molecular flexibility index (Phi) is 4.87. The summed E-state index contributed by atoms with van der Waals surface area (Å²) in [7, 11) is -3.93. The third-order valence-corrected chi connectivity index (χ3v) is 2.37. The van der Waals surface area contributed by atoms with Gasteiger partial charge in [0.25, 0.3) is 0 Å². The number of rotatable bonds is 5. The molecule has 0 amide bonds. The highest BCUT2D eigenvalue weighted by Crippen LogP contribution is 2.16. The second kappa shape index (κ2) is 6.20. The topological polar surface area (TPSA) is 107 Å². The summed E-state index contributed by atoms with van der Waals surface area (Å²) in [5.74, 6) is -2.44. The molecule has 7 nitrogen and oxygen atoms in total. The largest absolute Gasteiger partial charge is 0.475 e. The molecule has 0 heterocycles. The Labute approximate surface area is 115 Å². The smallest absolute Gasteiger partial charge is 0.372 e. The molecule has 0 aliphatic carbocycles. The summed E-state index contributed by atoms with van der Waals surface area (Å²) < 4.78 is 31.0. The first-order valence-electron chi connectivity index (χ1n) is 5.30. The molecule has 108 valence electrons. The number of carboxylic acid groups (broad SMARTS) is 1. The fourth-order valence-corrected chi connectivity index (χ4v) is 1.68. The Morgan fingerprint density at radius 2 is 1.75 bits per heavy atom. The molecule has 1 N–H and O–H groups in total. The number of hydrogen-bond donors (Lipinski definition) is 1. The quantitative estimate of drug-likeness (QED) is 0.284. The van der Waals surface area contributed by atoms with Crippen LogP contribution >= 0.6 is 0 Å². The number of carbonyl (C=O) groups is 2. The number of hydrogen-bond acceptors (Lipinski definition) is 6. The van der Waals surface area contributed by atoms with Crippen molar-refractivity contribution in [1.82, 2.24) is 0 Å². The molecule has 1 rings (SSSR count). The van der Waals surface area contributed by atoms with Gasteiger partial charge in [0.15, 0.2) is 0 Å². The lowest BCUT2D eigenvalue weighted by atomic mass is 10.2. The first-order valence-corrected chi connectivity index (χ1v) is 7.12. The molecule has 0 radical (unpaired) electrons. The third kappa shape index (κ3) is 5.53. The number of aliphatic carboxylic acids is 1. The minimum atomic E-state index is -3.93. The molecule has 0 atom stereocenters. The van der Waals surface area contributed by atoms with Gasteiger partial charge in [-0.05, 0) is 23.8 Å². The van der Waals surface area contributed by atoms with Crippen LogP contribution in [0.5, 0.6) is 5.75 Å². The van der Waals surface area contributed by atoms with Crippen LogP contribution in [0, 0.1) is 0 Å². The number of carboxylic acids is 1. The molecular formula is C12H12O7S. The summed E-state index contributed by atoms with van der Waals surface area (Å²) in [4.78, 5) is 21.6. The zero-order chi connectivity index (χ0) is 15.3. The van der Waals surface area contributed by atoms with Crippen LogP contribution in [-0.2, 0) is 23.9 Å². The summed E-state index contributed by atoms with van der Waals surface area (Å²) in [6.07, 6.45) is 1.79. The zero-order valence-corrected chi connectivity index (χ0v) is 11.5. The number of ether oxygens (including phenoxy) is 1. The van der Waals surface area contributed by atoms with Crippen LogP contribution < -0.4 is 4.74 Å². The van der Waals surface area contributed by atoms with Crippen molar-refractivity contribution in [2.45, 2.75) is 6.92 Å². The van der Waals surface area contributed by atoms with Crippen molar-refractivity contribution >= 4 is 28.1 Å². The minimum absolute atomic E-state index is 0.288. The SMILES string of the molecule is CC(=O)Oc1ccc(/C=C(\OS(C)(=O)=O)C(=O)O)cc1. The lowest BCUT2D eigenvalue weighted by molar-refractivity contribution is -0.135. The Morgan fingerprint density at radius 3 is 2.15 bits per heavy atom. The highest BCUT2D eigenvalue weighted by atomic mass is 32.2. The molecule has 0 spiro atoms. The average molecular weight is 300 g/mol. The van der Waals surface area contributed by atoms with E-state index in [1.807, 2.05) is 0 Å². The van der Waals surface area contributed by atoms with Gasteiger partial charge >= 0.3 is 22.1 Å². The second-order valence-electron chi connectivity index (χ2n) is 3.76. The molecule has 1 aromatic carbocycles. The molecule has 0 aliphatic rings. The Hall–Kier alpha value is -2.35. The van der Waals surface area contributed by atoms with E-state index in [2.05, 4.69) is 4.18 Å². The molecule has 1 aromatic rings. The van der Waals surface area contributed by atoms with Crippen LogP contribution in [0.4, 0.5) is 0 Å².